The molecule has 3 heteroatoms. The van der Waals surface area contributed by atoms with E-state index in [4.69, 9.17) is 0 Å². The number of rotatable bonds is 3. The number of thiophene rings is 1. The zero-order valence-electron chi connectivity index (χ0n) is 10.3. The monoisotopic (exact) mass is 249 g/mol. The van der Waals surface area contributed by atoms with E-state index in [0.717, 1.165) is 5.69 Å². The first-order valence-corrected chi connectivity index (χ1v) is 6.47. The van der Waals surface area contributed by atoms with E-state index in [0.29, 0.717) is 5.56 Å². The summed E-state index contributed by atoms with van der Waals surface area (Å²) in [6.45, 7) is 5.99. The van der Waals surface area contributed by atoms with Crippen LogP contribution < -0.4 is 5.32 Å². The number of halogens is 1. The Morgan fingerprint density at radius 2 is 1.94 bits per heavy atom. The third kappa shape index (κ3) is 2.86. The number of hydrogen-bond acceptors (Lipinski definition) is 2. The van der Waals surface area contributed by atoms with Crippen LogP contribution in [0.15, 0.2) is 30.3 Å². The van der Waals surface area contributed by atoms with Gasteiger partial charge in [0.2, 0.25) is 0 Å². The lowest BCUT2D eigenvalue weighted by Crippen LogP contribution is -2.05. The van der Waals surface area contributed by atoms with Crippen LogP contribution in [0.1, 0.15) is 28.3 Å². The van der Waals surface area contributed by atoms with Crippen LogP contribution in [0, 0.1) is 19.7 Å². The van der Waals surface area contributed by atoms with Gasteiger partial charge in [0, 0.05) is 15.4 Å². The molecule has 0 aliphatic heterocycles. The van der Waals surface area contributed by atoms with Gasteiger partial charge in [0.15, 0.2) is 0 Å². The zero-order valence-corrected chi connectivity index (χ0v) is 11.1. The Bertz CT molecular complexity index is 519. The predicted octanol–water partition coefficient (Wildman–Crippen LogP) is 4.68. The molecule has 17 heavy (non-hydrogen) atoms. The summed E-state index contributed by atoms with van der Waals surface area (Å²) in [6, 6.07) is 9.62. The predicted molar refractivity (Wildman–Crippen MR) is 72.2 cm³/mol. The zero-order chi connectivity index (χ0) is 12.4. The Kier molecular flexibility index (Phi) is 3.48. The summed E-state index contributed by atoms with van der Waals surface area (Å²) in [4.78, 5) is 2.61. The van der Waals surface area contributed by atoms with Crippen molar-refractivity contribution in [2.45, 2.75) is 26.8 Å². The third-order valence-corrected chi connectivity index (χ3v) is 3.91. The van der Waals surface area contributed by atoms with Crippen molar-refractivity contribution in [1.82, 2.24) is 0 Å². The average molecular weight is 249 g/mol. The quantitative estimate of drug-likeness (QED) is 0.833. The molecule has 1 atom stereocenters. The summed E-state index contributed by atoms with van der Waals surface area (Å²) in [6.07, 6.45) is 0. The number of anilines is 1. The van der Waals surface area contributed by atoms with Gasteiger partial charge in [0.25, 0.3) is 0 Å². The van der Waals surface area contributed by atoms with Gasteiger partial charge in [0.1, 0.15) is 5.82 Å². The van der Waals surface area contributed by atoms with Crippen molar-refractivity contribution >= 4 is 17.0 Å². The fourth-order valence-electron chi connectivity index (χ4n) is 1.74. The van der Waals surface area contributed by atoms with Crippen molar-refractivity contribution < 1.29 is 4.39 Å². The molecule has 2 aromatic rings. The summed E-state index contributed by atoms with van der Waals surface area (Å²) >= 11 is 1.79. The normalized spacial score (nSPS) is 12.5. The number of nitrogens with one attached hydrogen (secondary N) is 1. The summed E-state index contributed by atoms with van der Waals surface area (Å²) in [7, 11) is 0. The van der Waals surface area contributed by atoms with Crippen LogP contribution in [0.4, 0.5) is 10.1 Å². The molecule has 1 aromatic heterocycles. The minimum absolute atomic E-state index is 0.157. The molecule has 0 bridgehead atoms. The molecule has 2 rings (SSSR count). The highest BCUT2D eigenvalue weighted by Crippen LogP contribution is 2.26. The average Bonchev–Trinajstić information content (AvgIpc) is 2.70. The van der Waals surface area contributed by atoms with Crippen LogP contribution in [0.25, 0.3) is 0 Å². The molecule has 0 radical (unpaired) electrons. The Morgan fingerprint density at radius 1 is 1.18 bits per heavy atom. The molecule has 1 aromatic carbocycles. The molecule has 0 aliphatic rings. The van der Waals surface area contributed by atoms with E-state index in [2.05, 4.69) is 31.3 Å². The van der Waals surface area contributed by atoms with Crippen LogP contribution in [0.3, 0.4) is 0 Å². The van der Waals surface area contributed by atoms with Crippen molar-refractivity contribution in [2.24, 2.45) is 0 Å². The van der Waals surface area contributed by atoms with Crippen LogP contribution in [0.5, 0.6) is 0 Å². The summed E-state index contributed by atoms with van der Waals surface area (Å²) in [5, 5.41) is 3.38. The van der Waals surface area contributed by atoms with Crippen molar-refractivity contribution in [1.29, 1.82) is 0 Å². The van der Waals surface area contributed by atoms with Crippen molar-refractivity contribution in [2.75, 3.05) is 5.32 Å². The van der Waals surface area contributed by atoms with E-state index in [1.165, 1.54) is 15.8 Å². The van der Waals surface area contributed by atoms with Crippen molar-refractivity contribution in [3.05, 3.63) is 51.5 Å². The van der Waals surface area contributed by atoms with Gasteiger partial charge in [-0.1, -0.05) is 0 Å². The first kappa shape index (κ1) is 12.1. The second kappa shape index (κ2) is 4.88. The van der Waals surface area contributed by atoms with Crippen LogP contribution >= 0.6 is 11.3 Å². The molecule has 0 saturated heterocycles. The second-order valence-electron chi connectivity index (χ2n) is 4.28. The molecule has 0 spiro atoms. The molecule has 1 unspecified atom stereocenters. The molecule has 0 saturated carbocycles. The smallest absolute Gasteiger partial charge is 0.126 e. The minimum Gasteiger partial charge on any atom is -0.378 e. The van der Waals surface area contributed by atoms with Crippen molar-refractivity contribution in [3.63, 3.8) is 0 Å². The van der Waals surface area contributed by atoms with E-state index < -0.39 is 0 Å². The summed E-state index contributed by atoms with van der Waals surface area (Å²) in [5.41, 5.74) is 1.63. The lowest BCUT2D eigenvalue weighted by Gasteiger charge is -2.14. The summed E-state index contributed by atoms with van der Waals surface area (Å²) < 4.78 is 13.1. The topological polar surface area (TPSA) is 12.0 Å². The lowest BCUT2D eigenvalue weighted by atomic mass is 10.2. The van der Waals surface area contributed by atoms with Gasteiger partial charge in [0.05, 0.1) is 6.04 Å². The van der Waals surface area contributed by atoms with Gasteiger partial charge in [-0.15, -0.1) is 11.3 Å². The van der Waals surface area contributed by atoms with Gasteiger partial charge >= 0.3 is 0 Å². The fourth-order valence-corrected chi connectivity index (χ4v) is 2.62. The van der Waals surface area contributed by atoms with Gasteiger partial charge in [-0.2, -0.15) is 0 Å². The van der Waals surface area contributed by atoms with Gasteiger partial charge in [-0.3, -0.25) is 0 Å². The van der Waals surface area contributed by atoms with Gasteiger partial charge < -0.3 is 5.32 Å². The first-order valence-electron chi connectivity index (χ1n) is 5.65. The molecule has 0 amide bonds. The van der Waals surface area contributed by atoms with E-state index in [-0.39, 0.29) is 11.9 Å². The van der Waals surface area contributed by atoms with Gasteiger partial charge in [-0.05, 0) is 56.7 Å². The molecular formula is C14H16FNS. The Morgan fingerprint density at radius 3 is 2.53 bits per heavy atom. The highest BCUT2D eigenvalue weighted by molar-refractivity contribution is 7.12. The van der Waals surface area contributed by atoms with E-state index in [1.807, 2.05) is 6.07 Å². The molecule has 1 heterocycles. The Balaban J connectivity index is 2.12. The minimum atomic E-state index is -0.157. The van der Waals surface area contributed by atoms with E-state index in [9.17, 15) is 4.39 Å². The second-order valence-corrected chi connectivity index (χ2v) is 5.60. The lowest BCUT2D eigenvalue weighted by molar-refractivity contribution is 0.618. The molecule has 90 valence electrons. The Hall–Kier alpha value is -1.35. The fraction of sp³-hybridized carbons (Fsp3) is 0.286. The van der Waals surface area contributed by atoms with E-state index >= 15 is 0 Å². The molecule has 1 nitrogen and oxygen atoms in total. The first-order chi connectivity index (χ1) is 8.06. The highest BCUT2D eigenvalue weighted by atomic mass is 32.1. The SMILES string of the molecule is Cc1ccc(C(C)Nc2ccc(F)c(C)c2)s1. The maximum absolute atomic E-state index is 13.1. The maximum Gasteiger partial charge on any atom is 0.126 e. The standard InChI is InChI=1S/C14H16FNS/c1-9-8-12(5-6-13(9)15)16-11(3)14-7-4-10(2)17-14/h4-8,11,16H,1-3H3. The van der Waals surface area contributed by atoms with Crippen LogP contribution in [-0.2, 0) is 0 Å². The van der Waals surface area contributed by atoms with Crippen LogP contribution in [-0.4, -0.2) is 0 Å². The molecule has 1 N–H and O–H groups in total. The molecule has 0 aliphatic carbocycles. The van der Waals surface area contributed by atoms with Crippen LogP contribution in [0.2, 0.25) is 0 Å². The van der Waals surface area contributed by atoms with Crippen molar-refractivity contribution in [3.8, 4) is 0 Å². The largest absolute Gasteiger partial charge is 0.378 e. The number of hydrogen-bond donors (Lipinski definition) is 1. The maximum atomic E-state index is 13.1. The highest BCUT2D eigenvalue weighted by Gasteiger charge is 2.08. The third-order valence-electron chi connectivity index (χ3n) is 2.73. The number of aryl methyl sites for hydroxylation is 2. The molecule has 0 fully saturated rings. The summed E-state index contributed by atoms with van der Waals surface area (Å²) in [5.74, 6) is -0.157. The van der Waals surface area contributed by atoms with Gasteiger partial charge in [-0.25, -0.2) is 4.39 Å². The Labute approximate surface area is 105 Å². The van der Waals surface area contributed by atoms with E-state index in [1.54, 1.807) is 24.3 Å². The number of benzene rings is 1. The molecular weight excluding hydrogens is 233 g/mol.